The normalized spacial score (nSPS) is 11.8. The van der Waals surface area contributed by atoms with Gasteiger partial charge in [-0.3, -0.25) is 9.78 Å². The number of ether oxygens (including phenoxy) is 1. The van der Waals surface area contributed by atoms with Crippen LogP contribution < -0.4 is 15.4 Å². The van der Waals surface area contributed by atoms with Gasteiger partial charge in [0.2, 0.25) is 0 Å². The summed E-state index contributed by atoms with van der Waals surface area (Å²) >= 11 is 0. The van der Waals surface area contributed by atoms with Gasteiger partial charge in [0.05, 0.1) is 12.6 Å². The molecule has 30 heavy (non-hydrogen) atoms. The molecule has 1 amide bonds. The summed E-state index contributed by atoms with van der Waals surface area (Å²) < 4.78 is 11.6. The van der Waals surface area contributed by atoms with E-state index in [1.54, 1.807) is 37.4 Å². The van der Waals surface area contributed by atoms with E-state index in [-0.39, 0.29) is 24.2 Å². The zero-order chi connectivity index (χ0) is 20.9. The average Bonchev–Trinajstić information content (AvgIpc) is 3.19. The van der Waals surface area contributed by atoms with Crippen LogP contribution in [0.5, 0.6) is 11.5 Å². The zero-order valence-corrected chi connectivity index (χ0v) is 16.2. The molecule has 0 aliphatic heterocycles. The van der Waals surface area contributed by atoms with E-state index in [1.807, 2.05) is 30.3 Å². The number of aromatic nitrogens is 2. The van der Waals surface area contributed by atoms with Gasteiger partial charge >= 0.3 is 0 Å². The summed E-state index contributed by atoms with van der Waals surface area (Å²) in [4.78, 5) is 20.2. The number of nitrogens with one attached hydrogen (secondary N) is 2. The van der Waals surface area contributed by atoms with Crippen molar-refractivity contribution in [2.45, 2.75) is 6.04 Å². The van der Waals surface area contributed by atoms with Crippen LogP contribution in [0.3, 0.4) is 0 Å². The van der Waals surface area contributed by atoms with Crippen molar-refractivity contribution in [1.82, 2.24) is 15.3 Å². The Morgan fingerprint density at radius 2 is 1.93 bits per heavy atom. The van der Waals surface area contributed by atoms with Crippen molar-refractivity contribution in [3.63, 3.8) is 0 Å². The number of pyridine rings is 1. The van der Waals surface area contributed by atoms with Gasteiger partial charge in [0, 0.05) is 25.4 Å². The van der Waals surface area contributed by atoms with Gasteiger partial charge in [-0.15, -0.1) is 0 Å². The number of fused-ring (bicyclic) bond motifs is 1. The topological polar surface area (TPSA) is 110 Å². The summed E-state index contributed by atoms with van der Waals surface area (Å²) in [6.45, 7) is -0.104. The van der Waals surface area contributed by atoms with Gasteiger partial charge in [0.25, 0.3) is 11.9 Å². The lowest BCUT2D eigenvalue weighted by atomic mass is 10.1. The van der Waals surface area contributed by atoms with Crippen molar-refractivity contribution < 1.29 is 19.1 Å². The summed E-state index contributed by atoms with van der Waals surface area (Å²) in [7, 11) is 1.54. The van der Waals surface area contributed by atoms with Crippen molar-refractivity contribution in [1.29, 1.82) is 0 Å². The minimum Gasteiger partial charge on any atom is -0.457 e. The molecule has 0 aliphatic rings. The Bertz CT molecular complexity index is 1160. The van der Waals surface area contributed by atoms with Crippen LogP contribution in [0, 0.1) is 0 Å². The molecule has 1 unspecified atom stereocenters. The van der Waals surface area contributed by atoms with E-state index < -0.39 is 0 Å². The molecule has 152 valence electrons. The number of aliphatic hydroxyl groups is 1. The predicted octanol–water partition coefficient (Wildman–Crippen LogP) is 3.52. The van der Waals surface area contributed by atoms with Gasteiger partial charge < -0.3 is 24.9 Å². The van der Waals surface area contributed by atoms with Crippen molar-refractivity contribution >= 4 is 23.0 Å². The number of anilines is 1. The number of aliphatic hydroxyl groups excluding tert-OH is 1. The fourth-order valence-corrected chi connectivity index (χ4v) is 2.96. The Hall–Kier alpha value is -3.91. The first-order valence-corrected chi connectivity index (χ1v) is 9.35. The van der Waals surface area contributed by atoms with E-state index in [0.29, 0.717) is 28.6 Å². The van der Waals surface area contributed by atoms with E-state index in [9.17, 15) is 9.90 Å². The first-order chi connectivity index (χ1) is 14.7. The highest BCUT2D eigenvalue weighted by atomic mass is 16.5. The van der Waals surface area contributed by atoms with Crippen LogP contribution in [0.4, 0.5) is 6.01 Å². The van der Waals surface area contributed by atoms with Crippen LogP contribution in [0.1, 0.15) is 22.1 Å². The number of oxazole rings is 1. The maximum Gasteiger partial charge on any atom is 0.296 e. The number of benzene rings is 2. The standard InChI is InChI=1S/C22H20N4O4/c1-23-21(28)18-11-16(9-10-24-18)29-15-7-8-17-20(12-15)30-22(25-17)26-19(13-27)14-5-3-2-4-6-14/h2-12,19,27H,13H2,1H3,(H,23,28)(H,25,26). The number of hydrogen-bond donors (Lipinski definition) is 3. The lowest BCUT2D eigenvalue weighted by Crippen LogP contribution is -2.18. The third-order valence-corrected chi connectivity index (χ3v) is 4.47. The number of amides is 1. The summed E-state index contributed by atoms with van der Waals surface area (Å²) in [5, 5.41) is 15.4. The van der Waals surface area contributed by atoms with E-state index in [4.69, 9.17) is 9.15 Å². The number of rotatable bonds is 7. The number of carbonyl (C=O) groups excluding carboxylic acids is 1. The molecule has 0 radical (unpaired) electrons. The molecule has 1 atom stereocenters. The minimum atomic E-state index is -0.338. The summed E-state index contributed by atoms with van der Waals surface area (Å²) in [6.07, 6.45) is 1.51. The lowest BCUT2D eigenvalue weighted by molar-refractivity contribution is 0.0958. The van der Waals surface area contributed by atoms with Crippen LogP contribution in [-0.4, -0.2) is 34.6 Å². The highest BCUT2D eigenvalue weighted by Crippen LogP contribution is 2.29. The van der Waals surface area contributed by atoms with Gasteiger partial charge in [-0.1, -0.05) is 30.3 Å². The second kappa shape index (κ2) is 8.62. The van der Waals surface area contributed by atoms with Crippen molar-refractivity contribution in [2.24, 2.45) is 0 Å². The Morgan fingerprint density at radius 3 is 2.70 bits per heavy atom. The Labute approximate surface area is 172 Å². The highest BCUT2D eigenvalue weighted by Gasteiger charge is 2.14. The van der Waals surface area contributed by atoms with E-state index >= 15 is 0 Å². The Balaban J connectivity index is 1.53. The van der Waals surface area contributed by atoms with Gasteiger partial charge in [-0.25, -0.2) is 0 Å². The molecule has 2 heterocycles. The first-order valence-electron chi connectivity index (χ1n) is 9.35. The SMILES string of the molecule is CNC(=O)c1cc(Oc2ccc3nc(NC(CO)c4ccccc4)oc3c2)ccn1. The molecule has 0 bridgehead atoms. The molecule has 0 aliphatic carbocycles. The first kappa shape index (κ1) is 19.4. The second-order valence-corrected chi connectivity index (χ2v) is 6.50. The summed E-state index contributed by atoms with van der Waals surface area (Å²) in [5.41, 5.74) is 2.37. The molecule has 3 N–H and O–H groups in total. The smallest absolute Gasteiger partial charge is 0.296 e. The van der Waals surface area contributed by atoms with E-state index in [1.165, 1.54) is 6.20 Å². The minimum absolute atomic E-state index is 0.104. The molecule has 8 nitrogen and oxygen atoms in total. The number of nitrogens with zero attached hydrogens (tertiary/aromatic N) is 2. The third-order valence-electron chi connectivity index (χ3n) is 4.47. The molecule has 0 saturated carbocycles. The molecule has 0 spiro atoms. The van der Waals surface area contributed by atoms with Crippen molar-refractivity contribution in [3.05, 3.63) is 78.1 Å². The van der Waals surface area contributed by atoms with Gasteiger partial charge in [0.1, 0.15) is 22.7 Å². The zero-order valence-electron chi connectivity index (χ0n) is 16.2. The van der Waals surface area contributed by atoms with Crippen molar-refractivity contribution in [2.75, 3.05) is 19.0 Å². The van der Waals surface area contributed by atoms with Crippen LogP contribution in [0.25, 0.3) is 11.1 Å². The molecule has 2 aromatic heterocycles. The Kier molecular flexibility index (Phi) is 5.58. The molecule has 4 rings (SSSR count). The van der Waals surface area contributed by atoms with Crippen LogP contribution in [0.15, 0.2) is 71.3 Å². The van der Waals surface area contributed by atoms with Gasteiger partial charge in [-0.05, 0) is 23.8 Å². The van der Waals surface area contributed by atoms with Crippen LogP contribution in [-0.2, 0) is 0 Å². The molecular weight excluding hydrogens is 384 g/mol. The molecular formula is C22H20N4O4. The van der Waals surface area contributed by atoms with Gasteiger partial charge in [-0.2, -0.15) is 4.98 Å². The monoisotopic (exact) mass is 404 g/mol. The molecule has 2 aromatic carbocycles. The van der Waals surface area contributed by atoms with Crippen molar-refractivity contribution in [3.8, 4) is 11.5 Å². The largest absolute Gasteiger partial charge is 0.457 e. The number of carbonyl (C=O) groups is 1. The predicted molar refractivity (Wildman–Crippen MR) is 112 cm³/mol. The summed E-state index contributed by atoms with van der Waals surface area (Å²) in [5.74, 6) is 0.713. The fourth-order valence-electron chi connectivity index (χ4n) is 2.96. The molecule has 0 saturated heterocycles. The quantitative estimate of drug-likeness (QED) is 0.432. The lowest BCUT2D eigenvalue weighted by Gasteiger charge is -2.14. The van der Waals surface area contributed by atoms with E-state index in [0.717, 1.165) is 5.56 Å². The van der Waals surface area contributed by atoms with Crippen LogP contribution >= 0.6 is 0 Å². The Morgan fingerprint density at radius 1 is 1.13 bits per heavy atom. The average molecular weight is 404 g/mol. The van der Waals surface area contributed by atoms with E-state index in [2.05, 4.69) is 20.6 Å². The second-order valence-electron chi connectivity index (χ2n) is 6.50. The van der Waals surface area contributed by atoms with Gasteiger partial charge in [0.15, 0.2) is 5.58 Å². The van der Waals surface area contributed by atoms with Crippen LogP contribution in [0.2, 0.25) is 0 Å². The molecule has 0 fully saturated rings. The summed E-state index contributed by atoms with van der Waals surface area (Å²) in [6, 6.07) is 18.0. The molecule has 8 heteroatoms. The fraction of sp³-hybridized carbons (Fsp3) is 0.136. The molecule has 4 aromatic rings. The third kappa shape index (κ3) is 4.23. The number of hydrogen-bond acceptors (Lipinski definition) is 7. The maximum atomic E-state index is 11.7. The maximum absolute atomic E-state index is 11.7. The highest BCUT2D eigenvalue weighted by molar-refractivity contribution is 5.92.